The number of hydrogen-bond acceptors (Lipinski definition) is 5. The fourth-order valence-electron chi connectivity index (χ4n) is 3.80. The van der Waals surface area contributed by atoms with Crippen LogP contribution in [0.5, 0.6) is 11.8 Å². The van der Waals surface area contributed by atoms with Gasteiger partial charge < -0.3 is 14.0 Å². The minimum Gasteiger partial charge on any atom is -0.494 e. The first kappa shape index (κ1) is 19.9. The van der Waals surface area contributed by atoms with Crippen LogP contribution < -0.4 is 9.47 Å². The number of rotatable bonds is 6. The van der Waals surface area contributed by atoms with Crippen LogP contribution in [0.1, 0.15) is 12.5 Å². The molecular formula is C23H19F2N5O2. The Bertz CT molecular complexity index is 1420. The zero-order valence-corrected chi connectivity index (χ0v) is 17.4. The Morgan fingerprint density at radius 3 is 2.59 bits per heavy atom. The van der Waals surface area contributed by atoms with Crippen molar-refractivity contribution in [2.24, 2.45) is 0 Å². The van der Waals surface area contributed by atoms with Gasteiger partial charge in [0.25, 0.3) is 6.01 Å². The van der Waals surface area contributed by atoms with Crippen molar-refractivity contribution in [3.8, 4) is 17.4 Å². The van der Waals surface area contributed by atoms with E-state index in [9.17, 15) is 8.78 Å². The van der Waals surface area contributed by atoms with Crippen LogP contribution >= 0.6 is 0 Å². The second-order valence-corrected chi connectivity index (χ2v) is 7.16. The molecule has 0 fully saturated rings. The molecule has 9 heteroatoms. The smallest absolute Gasteiger partial charge is 0.299 e. The van der Waals surface area contributed by atoms with E-state index in [-0.39, 0.29) is 6.54 Å². The van der Waals surface area contributed by atoms with Gasteiger partial charge in [0.1, 0.15) is 22.9 Å². The van der Waals surface area contributed by atoms with Gasteiger partial charge in [0, 0.05) is 24.5 Å². The molecule has 0 saturated carbocycles. The number of fused-ring (bicyclic) bond motifs is 2. The number of imidazole rings is 1. The predicted molar refractivity (Wildman–Crippen MR) is 115 cm³/mol. The summed E-state index contributed by atoms with van der Waals surface area (Å²) in [5, 5.41) is 0. The van der Waals surface area contributed by atoms with E-state index in [1.54, 1.807) is 30.1 Å². The predicted octanol–water partition coefficient (Wildman–Crippen LogP) is 4.50. The average Bonchev–Trinajstić information content (AvgIpc) is 3.35. The van der Waals surface area contributed by atoms with E-state index in [0.29, 0.717) is 35.1 Å². The lowest BCUT2D eigenvalue weighted by Crippen LogP contribution is -2.06. The van der Waals surface area contributed by atoms with E-state index in [2.05, 4.69) is 15.0 Å². The van der Waals surface area contributed by atoms with Gasteiger partial charge >= 0.3 is 0 Å². The molecule has 1 aromatic carbocycles. The molecule has 4 heterocycles. The molecular weight excluding hydrogens is 416 g/mol. The molecule has 4 aromatic heterocycles. The summed E-state index contributed by atoms with van der Waals surface area (Å²) < 4.78 is 42.4. The van der Waals surface area contributed by atoms with Crippen molar-refractivity contribution < 1.29 is 18.3 Å². The van der Waals surface area contributed by atoms with Gasteiger partial charge in [-0.15, -0.1) is 0 Å². The molecule has 0 aliphatic carbocycles. The summed E-state index contributed by atoms with van der Waals surface area (Å²) in [5.74, 6) is -0.599. The number of benzene rings is 1. The number of nitrogens with zero attached hydrogens (tertiary/aromatic N) is 5. The maximum absolute atomic E-state index is 13.8. The number of aromatic nitrogens is 5. The lowest BCUT2D eigenvalue weighted by atomic mass is 10.2. The molecule has 0 amide bonds. The van der Waals surface area contributed by atoms with Crippen molar-refractivity contribution in [3.63, 3.8) is 0 Å². The van der Waals surface area contributed by atoms with Crippen molar-refractivity contribution in [2.45, 2.75) is 13.5 Å². The molecule has 0 saturated heterocycles. The summed E-state index contributed by atoms with van der Waals surface area (Å²) in [5.41, 5.74) is 3.93. The van der Waals surface area contributed by atoms with Gasteiger partial charge in [0.15, 0.2) is 5.65 Å². The number of ether oxygens (including phenoxy) is 2. The monoisotopic (exact) mass is 435 g/mol. The minimum atomic E-state index is -0.639. The highest BCUT2D eigenvalue weighted by atomic mass is 19.1. The van der Waals surface area contributed by atoms with Gasteiger partial charge in [-0.1, -0.05) is 0 Å². The van der Waals surface area contributed by atoms with Crippen LogP contribution in [0.3, 0.4) is 0 Å². The van der Waals surface area contributed by atoms with Crippen molar-refractivity contribution in [1.82, 2.24) is 24.1 Å². The van der Waals surface area contributed by atoms with Crippen molar-refractivity contribution in [1.29, 1.82) is 0 Å². The lowest BCUT2D eigenvalue weighted by molar-refractivity contribution is 0.301. The second kappa shape index (κ2) is 7.92. The second-order valence-electron chi connectivity index (χ2n) is 7.16. The van der Waals surface area contributed by atoms with Crippen LogP contribution in [0, 0.1) is 11.6 Å². The van der Waals surface area contributed by atoms with Crippen molar-refractivity contribution in [3.05, 3.63) is 72.2 Å². The maximum atomic E-state index is 13.8. The fourth-order valence-corrected chi connectivity index (χ4v) is 3.80. The van der Waals surface area contributed by atoms with E-state index in [1.807, 2.05) is 29.8 Å². The molecule has 0 spiro atoms. The number of pyridine rings is 2. The third kappa shape index (κ3) is 3.41. The van der Waals surface area contributed by atoms with Crippen LogP contribution in [-0.2, 0) is 6.54 Å². The van der Waals surface area contributed by atoms with Crippen LogP contribution in [0.4, 0.5) is 8.78 Å². The van der Waals surface area contributed by atoms with Crippen LogP contribution in [0.25, 0.3) is 27.9 Å². The number of halogens is 2. The van der Waals surface area contributed by atoms with Gasteiger partial charge in [-0.05, 0) is 36.8 Å². The van der Waals surface area contributed by atoms with Gasteiger partial charge in [0.2, 0.25) is 0 Å². The summed E-state index contributed by atoms with van der Waals surface area (Å²) in [6, 6.07) is 9.33. The van der Waals surface area contributed by atoms with E-state index < -0.39 is 11.6 Å². The molecule has 0 radical (unpaired) electrons. The van der Waals surface area contributed by atoms with E-state index in [0.717, 1.165) is 22.8 Å². The maximum Gasteiger partial charge on any atom is 0.299 e. The standard InChI is InChI=1S/C23H19F2N5O2/c1-3-32-23-28-22-19(30(23)13-14-8-15(24)10-16(25)9-14)11-17(12-27-22)29-7-5-18-21(29)20(31-2)4-6-26-18/h4-12H,3,13H2,1-2H3. The largest absolute Gasteiger partial charge is 0.494 e. The first-order valence-electron chi connectivity index (χ1n) is 10.0. The Kier molecular flexibility index (Phi) is 4.93. The highest BCUT2D eigenvalue weighted by molar-refractivity contribution is 5.85. The Balaban J connectivity index is 1.67. The molecule has 0 unspecified atom stereocenters. The van der Waals surface area contributed by atoms with Gasteiger partial charge in [0.05, 0.1) is 43.2 Å². The summed E-state index contributed by atoms with van der Waals surface area (Å²) in [6.45, 7) is 2.40. The van der Waals surface area contributed by atoms with E-state index in [1.165, 1.54) is 12.1 Å². The fraction of sp³-hybridized carbons (Fsp3) is 0.174. The van der Waals surface area contributed by atoms with Gasteiger partial charge in [-0.3, -0.25) is 9.55 Å². The zero-order valence-electron chi connectivity index (χ0n) is 17.4. The normalized spacial score (nSPS) is 11.4. The number of methoxy groups -OCH3 is 1. The highest BCUT2D eigenvalue weighted by Crippen LogP contribution is 2.29. The lowest BCUT2D eigenvalue weighted by Gasteiger charge is -2.11. The molecule has 0 aliphatic heterocycles. The Hall–Kier alpha value is -4.01. The van der Waals surface area contributed by atoms with Gasteiger partial charge in [-0.25, -0.2) is 13.8 Å². The molecule has 32 heavy (non-hydrogen) atoms. The molecule has 7 nitrogen and oxygen atoms in total. The molecule has 0 aliphatic rings. The Labute approximate surface area is 181 Å². The minimum absolute atomic E-state index is 0.170. The molecule has 5 aromatic rings. The van der Waals surface area contributed by atoms with Crippen LogP contribution in [0.2, 0.25) is 0 Å². The molecule has 5 rings (SSSR count). The third-order valence-corrected chi connectivity index (χ3v) is 5.13. The first-order chi connectivity index (χ1) is 15.6. The summed E-state index contributed by atoms with van der Waals surface area (Å²) in [4.78, 5) is 13.3. The molecule has 0 atom stereocenters. The number of hydrogen-bond donors (Lipinski definition) is 0. The van der Waals surface area contributed by atoms with E-state index in [4.69, 9.17) is 9.47 Å². The topological polar surface area (TPSA) is 67.0 Å². The van der Waals surface area contributed by atoms with Crippen molar-refractivity contribution >= 4 is 22.2 Å². The Morgan fingerprint density at radius 1 is 1.03 bits per heavy atom. The van der Waals surface area contributed by atoms with Gasteiger partial charge in [-0.2, -0.15) is 4.98 Å². The first-order valence-corrected chi connectivity index (χ1v) is 10.0. The SMILES string of the molecule is CCOc1nc2ncc(-n3ccc4nccc(OC)c43)cc2n1Cc1cc(F)cc(F)c1. The molecule has 0 bridgehead atoms. The quantitative estimate of drug-likeness (QED) is 0.393. The highest BCUT2D eigenvalue weighted by Gasteiger charge is 2.17. The Morgan fingerprint density at radius 2 is 1.84 bits per heavy atom. The molecule has 0 N–H and O–H groups in total. The van der Waals surface area contributed by atoms with Crippen LogP contribution in [0.15, 0.2) is 55.0 Å². The average molecular weight is 435 g/mol. The third-order valence-electron chi connectivity index (χ3n) is 5.13. The molecule has 162 valence electrons. The van der Waals surface area contributed by atoms with E-state index >= 15 is 0 Å². The summed E-state index contributed by atoms with van der Waals surface area (Å²) >= 11 is 0. The summed E-state index contributed by atoms with van der Waals surface area (Å²) in [6.07, 6.45) is 5.27. The van der Waals surface area contributed by atoms with Crippen molar-refractivity contribution in [2.75, 3.05) is 13.7 Å². The zero-order chi connectivity index (χ0) is 22.2. The summed E-state index contributed by atoms with van der Waals surface area (Å²) in [7, 11) is 1.61. The van der Waals surface area contributed by atoms with Crippen LogP contribution in [-0.4, -0.2) is 37.8 Å².